The fourth-order valence-electron chi connectivity index (χ4n) is 4.37. The summed E-state index contributed by atoms with van der Waals surface area (Å²) < 4.78 is 55.1. The van der Waals surface area contributed by atoms with Crippen LogP contribution in [0.3, 0.4) is 0 Å². The van der Waals surface area contributed by atoms with Gasteiger partial charge < -0.3 is 19.1 Å². The first-order valence-electron chi connectivity index (χ1n) is 12.5. The van der Waals surface area contributed by atoms with Gasteiger partial charge in [0.15, 0.2) is 0 Å². The van der Waals surface area contributed by atoms with Gasteiger partial charge in [0.1, 0.15) is 35.5 Å². The maximum Gasteiger partial charge on any atom is 0.409 e. The molecule has 11 nitrogen and oxygen atoms in total. The first-order chi connectivity index (χ1) is 18.1. The summed E-state index contributed by atoms with van der Waals surface area (Å²) in [4.78, 5) is 34.3. The molecule has 4 rings (SSSR count). The first kappa shape index (κ1) is 27.6. The van der Waals surface area contributed by atoms with Gasteiger partial charge in [0, 0.05) is 26.6 Å². The molecule has 14 heteroatoms. The van der Waals surface area contributed by atoms with Crippen LogP contribution in [0.4, 0.5) is 18.0 Å². The zero-order valence-electron chi connectivity index (χ0n) is 21.5. The Morgan fingerprint density at radius 3 is 2.66 bits per heavy atom. The number of hydrogen-bond donors (Lipinski definition) is 0. The Morgan fingerprint density at radius 1 is 1.21 bits per heavy atom. The van der Waals surface area contributed by atoms with E-state index in [1.165, 1.54) is 25.0 Å². The van der Waals surface area contributed by atoms with Gasteiger partial charge in [0.05, 0.1) is 25.6 Å². The van der Waals surface area contributed by atoms with Crippen molar-refractivity contribution in [3.8, 4) is 17.3 Å². The Bertz CT molecular complexity index is 1150. The molecule has 2 fully saturated rings. The van der Waals surface area contributed by atoms with Gasteiger partial charge >= 0.3 is 18.2 Å². The lowest BCUT2D eigenvalue weighted by Crippen LogP contribution is -2.31. The van der Waals surface area contributed by atoms with Crippen LogP contribution in [0, 0.1) is 5.92 Å². The summed E-state index contributed by atoms with van der Waals surface area (Å²) >= 11 is 0. The van der Waals surface area contributed by atoms with E-state index in [-0.39, 0.29) is 30.5 Å². The van der Waals surface area contributed by atoms with Crippen molar-refractivity contribution in [3.63, 3.8) is 0 Å². The highest BCUT2D eigenvalue weighted by atomic mass is 19.4. The van der Waals surface area contributed by atoms with Crippen molar-refractivity contribution >= 4 is 12.1 Å². The van der Waals surface area contributed by atoms with Crippen LogP contribution in [-0.4, -0.2) is 74.9 Å². The Morgan fingerprint density at radius 2 is 1.97 bits per heavy atom. The summed E-state index contributed by atoms with van der Waals surface area (Å²) in [5.41, 5.74) is 1.88. The van der Waals surface area contributed by atoms with E-state index >= 15 is 0 Å². The lowest BCUT2D eigenvalue weighted by molar-refractivity contribution is -0.147. The van der Waals surface area contributed by atoms with Gasteiger partial charge in [-0.2, -0.15) is 13.2 Å². The second-order valence-electron chi connectivity index (χ2n) is 9.70. The van der Waals surface area contributed by atoms with Crippen molar-refractivity contribution in [1.82, 2.24) is 29.9 Å². The number of aryl methyl sites for hydroxylation is 1. The zero-order valence-corrected chi connectivity index (χ0v) is 21.5. The highest BCUT2D eigenvalue weighted by molar-refractivity contribution is 5.72. The molecule has 208 valence electrons. The van der Waals surface area contributed by atoms with E-state index in [0.717, 1.165) is 37.0 Å². The van der Waals surface area contributed by atoms with Crippen LogP contribution in [0.2, 0.25) is 0 Å². The lowest BCUT2D eigenvalue weighted by Gasteiger charge is -2.28. The van der Waals surface area contributed by atoms with Gasteiger partial charge in [-0.1, -0.05) is 5.21 Å². The smallest absolute Gasteiger partial charge is 0.409 e. The Hall–Kier alpha value is -3.45. The van der Waals surface area contributed by atoms with Gasteiger partial charge in [0.25, 0.3) is 0 Å². The monoisotopic (exact) mass is 540 g/mol. The van der Waals surface area contributed by atoms with Crippen molar-refractivity contribution in [2.24, 2.45) is 13.0 Å². The van der Waals surface area contributed by atoms with Gasteiger partial charge in [-0.3, -0.25) is 4.79 Å². The molecule has 0 bridgehead atoms. The maximum absolute atomic E-state index is 12.5. The minimum Gasteiger partial charge on any atom is -0.473 e. The molecule has 2 aliphatic carbocycles. The van der Waals surface area contributed by atoms with Gasteiger partial charge in [0.2, 0.25) is 5.88 Å². The van der Waals surface area contributed by atoms with E-state index in [1.807, 2.05) is 0 Å². The number of methoxy groups -OCH3 is 1. The minimum absolute atomic E-state index is 0.175. The molecule has 0 radical (unpaired) electrons. The molecule has 0 aliphatic heterocycles. The second-order valence-corrected chi connectivity index (χ2v) is 9.70. The molecule has 2 aliphatic rings. The molecule has 2 saturated carbocycles. The number of esters is 1. The summed E-state index contributed by atoms with van der Waals surface area (Å²) in [7, 11) is 4.24. The summed E-state index contributed by atoms with van der Waals surface area (Å²) in [5, 5.41) is 8.14. The quantitative estimate of drug-likeness (QED) is 0.437. The van der Waals surface area contributed by atoms with Crippen LogP contribution < -0.4 is 4.74 Å². The largest absolute Gasteiger partial charge is 0.473 e. The van der Waals surface area contributed by atoms with E-state index < -0.39 is 25.2 Å². The number of rotatable bonds is 9. The number of halogens is 3. The number of hydrogen-bond acceptors (Lipinski definition) is 9. The van der Waals surface area contributed by atoms with Gasteiger partial charge in [-0.25, -0.2) is 19.4 Å². The maximum atomic E-state index is 12.5. The number of ether oxygens (including phenoxy) is 3. The number of carbonyl (C=O) groups is 2. The summed E-state index contributed by atoms with van der Waals surface area (Å²) in [6.45, 7) is -0.776. The molecule has 0 saturated heterocycles. The van der Waals surface area contributed by atoms with Crippen molar-refractivity contribution in [2.75, 3.05) is 20.7 Å². The predicted octanol–water partition coefficient (Wildman–Crippen LogP) is 3.78. The third-order valence-corrected chi connectivity index (χ3v) is 6.73. The third-order valence-electron chi connectivity index (χ3n) is 6.73. The van der Waals surface area contributed by atoms with Crippen LogP contribution in [0.1, 0.15) is 62.3 Å². The van der Waals surface area contributed by atoms with Crippen LogP contribution in [-0.2, 0) is 27.9 Å². The Kier molecular flexibility index (Phi) is 8.36. The molecule has 2 heterocycles. The molecule has 0 aromatic carbocycles. The molecule has 2 atom stereocenters. The van der Waals surface area contributed by atoms with Gasteiger partial charge in [-0.15, -0.1) is 5.10 Å². The molecule has 2 aromatic rings. The van der Waals surface area contributed by atoms with E-state index in [9.17, 15) is 22.8 Å². The van der Waals surface area contributed by atoms with Crippen molar-refractivity contribution in [2.45, 2.75) is 69.8 Å². The molecular weight excluding hydrogens is 509 g/mol. The SMILES string of the molecule is COC(=O)[C@H]1CCC[C@H](Oc2ncc(-c3nnn(C)c3COC(=O)N(C)CCC(F)(F)F)nc2C2CC2)C1. The van der Waals surface area contributed by atoms with Crippen molar-refractivity contribution in [3.05, 3.63) is 17.6 Å². The highest BCUT2D eigenvalue weighted by Crippen LogP contribution is 2.44. The predicted molar refractivity (Wildman–Crippen MR) is 126 cm³/mol. The molecule has 0 spiro atoms. The fourth-order valence-corrected chi connectivity index (χ4v) is 4.37. The Balaban J connectivity index is 1.46. The summed E-state index contributed by atoms with van der Waals surface area (Å²) in [6, 6.07) is 0. The number of amides is 1. The molecule has 1 amide bonds. The van der Waals surface area contributed by atoms with Crippen LogP contribution in [0.5, 0.6) is 5.88 Å². The third kappa shape index (κ3) is 6.90. The number of alkyl halides is 3. The lowest BCUT2D eigenvalue weighted by atomic mass is 9.87. The highest BCUT2D eigenvalue weighted by Gasteiger charge is 2.34. The van der Waals surface area contributed by atoms with Crippen molar-refractivity contribution in [1.29, 1.82) is 0 Å². The van der Waals surface area contributed by atoms with Crippen molar-refractivity contribution < 1.29 is 37.0 Å². The number of nitrogens with zero attached hydrogens (tertiary/aromatic N) is 6. The normalized spacial score (nSPS) is 19.6. The fraction of sp³-hybridized carbons (Fsp3) is 0.667. The van der Waals surface area contributed by atoms with Gasteiger partial charge in [-0.05, 0) is 38.5 Å². The number of carbonyl (C=O) groups excluding carboxylic acids is 2. The molecular formula is C24H31F3N6O5. The van der Waals surface area contributed by atoms with E-state index in [0.29, 0.717) is 35.1 Å². The molecule has 0 unspecified atom stereocenters. The molecule has 38 heavy (non-hydrogen) atoms. The van der Waals surface area contributed by atoms with Crippen LogP contribution in [0.25, 0.3) is 11.4 Å². The minimum atomic E-state index is -4.37. The first-order valence-corrected chi connectivity index (χ1v) is 12.5. The summed E-state index contributed by atoms with van der Waals surface area (Å²) in [6.07, 6.45) is -0.206. The molecule has 2 aromatic heterocycles. The van der Waals surface area contributed by atoms with Crippen LogP contribution >= 0.6 is 0 Å². The number of aromatic nitrogens is 5. The Labute approximate surface area is 217 Å². The molecule has 0 N–H and O–H groups in total. The topological polar surface area (TPSA) is 122 Å². The van der Waals surface area contributed by atoms with E-state index in [4.69, 9.17) is 19.2 Å². The second kappa shape index (κ2) is 11.5. The summed E-state index contributed by atoms with van der Waals surface area (Å²) in [5.74, 6) is 0.185. The zero-order chi connectivity index (χ0) is 27.4. The van der Waals surface area contributed by atoms with Crippen LogP contribution in [0.15, 0.2) is 6.20 Å². The standard InChI is InChI=1S/C24H31F3N6O5/c1-32(10-9-24(25,26)27)23(35)37-13-18-20(30-31-33(18)2)17-12-28-21(19(29-17)14-7-8-14)38-16-6-4-5-15(11-16)22(34)36-3/h12,14-16H,4-11,13H2,1-3H3/t15-,16-/m0/s1. The van der Waals surface area contributed by atoms with E-state index in [2.05, 4.69) is 15.3 Å². The average molecular weight is 541 g/mol. The van der Waals surface area contributed by atoms with E-state index in [1.54, 1.807) is 7.05 Å². The average Bonchev–Trinajstić information content (AvgIpc) is 3.67.